The molecule has 1 heterocycles. The molecule has 1 aromatic heterocycles. The van der Waals surface area contributed by atoms with Crippen molar-refractivity contribution in [2.75, 3.05) is 14.2 Å². The Kier molecular flexibility index (Phi) is 4.59. The summed E-state index contributed by atoms with van der Waals surface area (Å²) in [5.41, 5.74) is 0.368. The molecule has 0 saturated heterocycles. The van der Waals surface area contributed by atoms with Gasteiger partial charge in [-0.1, -0.05) is 6.07 Å². The predicted molar refractivity (Wildman–Crippen MR) is 69.2 cm³/mol. The average molecular weight is 296 g/mol. The van der Waals surface area contributed by atoms with E-state index in [-0.39, 0.29) is 12.4 Å². The summed E-state index contributed by atoms with van der Waals surface area (Å²) >= 11 is 0. The highest BCUT2D eigenvalue weighted by molar-refractivity contribution is 5.84. The van der Waals surface area contributed by atoms with E-state index in [2.05, 4.69) is 14.8 Å². The summed E-state index contributed by atoms with van der Waals surface area (Å²) in [6, 6.07) is 3.44. The zero-order valence-corrected chi connectivity index (χ0v) is 11.6. The molecule has 112 valence electrons. The molecule has 0 aliphatic heterocycles. The Labute approximate surface area is 120 Å². The average Bonchev–Trinajstić information content (AvgIpc) is 2.89. The Morgan fingerprint density at radius 2 is 2.19 bits per heavy atom. The zero-order valence-electron chi connectivity index (χ0n) is 11.6. The van der Waals surface area contributed by atoms with Crippen LogP contribution in [0.1, 0.15) is 16.2 Å². The van der Waals surface area contributed by atoms with E-state index in [1.807, 2.05) is 0 Å². The first-order chi connectivity index (χ1) is 9.99. The maximum atomic E-state index is 13.5. The molecule has 2 aromatic rings. The van der Waals surface area contributed by atoms with Crippen molar-refractivity contribution >= 4 is 5.97 Å². The van der Waals surface area contributed by atoms with Gasteiger partial charge in [-0.15, -0.1) is 5.10 Å². The van der Waals surface area contributed by atoms with Crippen molar-refractivity contribution in [1.82, 2.24) is 19.7 Å². The number of ether oxygens (including phenoxy) is 1. The first-order valence-electron chi connectivity index (χ1n) is 6.10. The smallest absolute Gasteiger partial charge is 0.377 e. The Morgan fingerprint density at radius 1 is 1.43 bits per heavy atom. The summed E-state index contributed by atoms with van der Waals surface area (Å²) in [5, 5.41) is 3.93. The number of benzene rings is 1. The molecule has 0 N–H and O–H groups in total. The van der Waals surface area contributed by atoms with E-state index >= 15 is 0 Å². The van der Waals surface area contributed by atoms with Crippen LogP contribution >= 0.6 is 0 Å². The summed E-state index contributed by atoms with van der Waals surface area (Å²) in [6.45, 7) is 0.556. The van der Waals surface area contributed by atoms with Crippen LogP contribution < -0.4 is 0 Å². The van der Waals surface area contributed by atoms with Gasteiger partial charge in [0.05, 0.1) is 13.8 Å². The van der Waals surface area contributed by atoms with E-state index in [4.69, 9.17) is 0 Å². The minimum absolute atomic E-state index is 0.0427. The van der Waals surface area contributed by atoms with Crippen LogP contribution in [-0.2, 0) is 18.0 Å². The lowest BCUT2D eigenvalue weighted by molar-refractivity contribution is 0.0585. The number of carbonyl (C=O) groups is 1. The monoisotopic (exact) mass is 296 g/mol. The molecule has 0 saturated carbocycles. The summed E-state index contributed by atoms with van der Waals surface area (Å²) in [6.07, 6.45) is 1.38. The first-order valence-corrected chi connectivity index (χ1v) is 6.10. The fourth-order valence-electron chi connectivity index (χ4n) is 1.79. The van der Waals surface area contributed by atoms with Gasteiger partial charge in [-0.3, -0.25) is 4.90 Å². The topological polar surface area (TPSA) is 60.2 Å². The second-order valence-corrected chi connectivity index (χ2v) is 4.49. The molecule has 0 aliphatic carbocycles. The van der Waals surface area contributed by atoms with Crippen molar-refractivity contribution in [2.45, 2.75) is 13.2 Å². The number of nitrogens with zero attached hydrogens (tertiary/aromatic N) is 4. The fourth-order valence-corrected chi connectivity index (χ4v) is 1.79. The number of methoxy groups -OCH3 is 1. The Bertz CT molecular complexity index is 645. The molecule has 0 amide bonds. The number of halogens is 2. The number of hydrogen-bond acceptors (Lipinski definition) is 5. The van der Waals surface area contributed by atoms with Crippen LogP contribution in [0.3, 0.4) is 0 Å². The third kappa shape index (κ3) is 3.82. The van der Waals surface area contributed by atoms with Gasteiger partial charge in [0.15, 0.2) is 0 Å². The van der Waals surface area contributed by atoms with Gasteiger partial charge in [-0.05, 0) is 13.1 Å². The van der Waals surface area contributed by atoms with Gasteiger partial charge in [0.2, 0.25) is 0 Å². The Hall–Kier alpha value is -2.35. The van der Waals surface area contributed by atoms with E-state index in [0.29, 0.717) is 12.2 Å². The molecule has 0 aliphatic rings. The second-order valence-electron chi connectivity index (χ2n) is 4.49. The van der Waals surface area contributed by atoms with Crippen molar-refractivity contribution in [1.29, 1.82) is 0 Å². The molecule has 0 unspecified atom stereocenters. The molecular formula is C13H14F2N4O2. The second kappa shape index (κ2) is 6.40. The largest absolute Gasteiger partial charge is 0.463 e. The van der Waals surface area contributed by atoms with Gasteiger partial charge in [0, 0.05) is 18.2 Å². The molecule has 2 rings (SSSR count). The summed E-state index contributed by atoms with van der Waals surface area (Å²) < 4.78 is 32.3. The molecule has 0 atom stereocenters. The first kappa shape index (κ1) is 15.0. The fraction of sp³-hybridized carbons (Fsp3) is 0.308. The summed E-state index contributed by atoms with van der Waals surface area (Å²) in [5.74, 6) is -1.88. The van der Waals surface area contributed by atoms with Crippen LogP contribution in [0.25, 0.3) is 0 Å². The molecule has 0 fully saturated rings. The third-order valence-corrected chi connectivity index (χ3v) is 2.75. The van der Waals surface area contributed by atoms with Crippen molar-refractivity contribution in [2.24, 2.45) is 0 Å². The maximum absolute atomic E-state index is 13.5. The number of hydrogen-bond donors (Lipinski definition) is 0. The molecule has 0 spiro atoms. The quantitative estimate of drug-likeness (QED) is 0.781. The van der Waals surface area contributed by atoms with Crippen LogP contribution in [0.2, 0.25) is 0 Å². The molecule has 0 radical (unpaired) electrons. The molecule has 1 aromatic carbocycles. The molecular weight excluding hydrogens is 282 g/mol. The predicted octanol–water partition coefficient (Wildman–Crippen LogP) is 1.43. The Morgan fingerprint density at radius 3 is 2.86 bits per heavy atom. The van der Waals surface area contributed by atoms with Crippen molar-refractivity contribution in [3.63, 3.8) is 0 Å². The van der Waals surface area contributed by atoms with Crippen LogP contribution in [0, 0.1) is 11.6 Å². The van der Waals surface area contributed by atoms with E-state index in [1.165, 1.54) is 30.3 Å². The summed E-state index contributed by atoms with van der Waals surface area (Å²) in [7, 11) is 2.98. The minimum atomic E-state index is -0.624. The van der Waals surface area contributed by atoms with Crippen molar-refractivity contribution in [3.8, 4) is 0 Å². The van der Waals surface area contributed by atoms with E-state index < -0.39 is 17.6 Å². The number of rotatable bonds is 5. The number of aromatic nitrogens is 3. The van der Waals surface area contributed by atoms with Gasteiger partial charge in [0.1, 0.15) is 18.0 Å². The van der Waals surface area contributed by atoms with Gasteiger partial charge in [0.25, 0.3) is 5.82 Å². The standard InChI is InChI=1S/C13H14F2N4O2/c1-18(6-9-3-4-10(14)5-11(9)15)8-19-7-16-12(17-19)13(20)21-2/h3-5,7H,6,8H2,1-2H3. The van der Waals surface area contributed by atoms with E-state index in [1.54, 1.807) is 11.9 Å². The third-order valence-electron chi connectivity index (χ3n) is 2.75. The molecule has 0 bridgehead atoms. The van der Waals surface area contributed by atoms with E-state index in [9.17, 15) is 13.6 Å². The lowest BCUT2D eigenvalue weighted by Crippen LogP contribution is -2.22. The van der Waals surface area contributed by atoms with Gasteiger partial charge in [-0.25, -0.2) is 23.2 Å². The number of carbonyl (C=O) groups excluding carboxylic acids is 1. The molecule has 8 heteroatoms. The van der Waals surface area contributed by atoms with E-state index in [0.717, 1.165) is 6.07 Å². The minimum Gasteiger partial charge on any atom is -0.463 e. The van der Waals surface area contributed by atoms with Crippen molar-refractivity contribution in [3.05, 3.63) is 47.5 Å². The lowest BCUT2D eigenvalue weighted by Gasteiger charge is -2.16. The lowest BCUT2D eigenvalue weighted by atomic mass is 10.2. The van der Waals surface area contributed by atoms with Crippen molar-refractivity contribution < 1.29 is 18.3 Å². The highest BCUT2D eigenvalue weighted by atomic mass is 19.1. The maximum Gasteiger partial charge on any atom is 0.377 e. The SMILES string of the molecule is COC(=O)c1ncn(CN(C)Cc2ccc(F)cc2F)n1. The Balaban J connectivity index is 1.99. The van der Waals surface area contributed by atoms with Gasteiger partial charge < -0.3 is 4.74 Å². The van der Waals surface area contributed by atoms with Crippen LogP contribution in [0.5, 0.6) is 0 Å². The van der Waals surface area contributed by atoms with Crippen LogP contribution in [0.15, 0.2) is 24.5 Å². The van der Waals surface area contributed by atoms with Gasteiger partial charge >= 0.3 is 5.97 Å². The highest BCUT2D eigenvalue weighted by Crippen LogP contribution is 2.11. The molecule has 6 nitrogen and oxygen atoms in total. The normalized spacial score (nSPS) is 10.9. The summed E-state index contributed by atoms with van der Waals surface area (Å²) in [4.78, 5) is 16.8. The number of esters is 1. The van der Waals surface area contributed by atoms with Gasteiger partial charge in [-0.2, -0.15) is 0 Å². The van der Waals surface area contributed by atoms with Crippen LogP contribution in [0.4, 0.5) is 8.78 Å². The highest BCUT2D eigenvalue weighted by Gasteiger charge is 2.12. The molecule has 21 heavy (non-hydrogen) atoms. The van der Waals surface area contributed by atoms with Crippen LogP contribution in [-0.4, -0.2) is 39.8 Å². The zero-order chi connectivity index (χ0) is 15.4.